The van der Waals surface area contributed by atoms with E-state index in [1.165, 1.54) is 0 Å². The quantitative estimate of drug-likeness (QED) is 0.745. The van der Waals surface area contributed by atoms with Crippen LogP contribution in [0.5, 0.6) is 5.75 Å². The number of rotatable bonds is 7. The van der Waals surface area contributed by atoms with Gasteiger partial charge in [-0.1, -0.05) is 30.3 Å². The van der Waals surface area contributed by atoms with Gasteiger partial charge >= 0.3 is 6.03 Å². The maximum atomic E-state index is 12.4. The lowest BCUT2D eigenvalue weighted by molar-refractivity contribution is 0.0617. The number of methoxy groups -OCH3 is 1. The van der Waals surface area contributed by atoms with E-state index in [1.54, 1.807) is 7.11 Å². The summed E-state index contributed by atoms with van der Waals surface area (Å²) in [5.41, 5.74) is 2.74. The molecule has 6 nitrogen and oxygen atoms in total. The molecular weight excluding hydrogens is 332 g/mol. The molecule has 0 bridgehead atoms. The van der Waals surface area contributed by atoms with Crippen molar-refractivity contribution in [3.63, 3.8) is 0 Å². The molecular formula is C20H24N2O4. The minimum atomic E-state index is -0.232. The molecule has 0 saturated carbocycles. The van der Waals surface area contributed by atoms with Crippen LogP contribution in [0.25, 0.3) is 0 Å². The number of para-hydroxylation sites is 1. The van der Waals surface area contributed by atoms with Gasteiger partial charge < -0.3 is 24.8 Å². The first-order valence-corrected chi connectivity index (χ1v) is 8.71. The van der Waals surface area contributed by atoms with Crippen LogP contribution in [0.4, 0.5) is 10.5 Å². The first-order chi connectivity index (χ1) is 12.8. The summed E-state index contributed by atoms with van der Waals surface area (Å²) in [7, 11) is 1.64. The van der Waals surface area contributed by atoms with Crippen LogP contribution in [0.1, 0.15) is 23.6 Å². The normalized spacial score (nSPS) is 15.7. The van der Waals surface area contributed by atoms with Crippen LogP contribution in [0.3, 0.4) is 0 Å². The number of hydrogen-bond donors (Lipinski definition) is 2. The van der Waals surface area contributed by atoms with E-state index in [1.807, 2.05) is 48.5 Å². The van der Waals surface area contributed by atoms with Gasteiger partial charge in [-0.15, -0.1) is 0 Å². The summed E-state index contributed by atoms with van der Waals surface area (Å²) < 4.78 is 16.1. The predicted molar refractivity (Wildman–Crippen MR) is 99.4 cm³/mol. The van der Waals surface area contributed by atoms with E-state index in [4.69, 9.17) is 14.2 Å². The topological polar surface area (TPSA) is 68.8 Å². The van der Waals surface area contributed by atoms with Crippen LogP contribution in [0, 0.1) is 0 Å². The first kappa shape index (κ1) is 18.2. The van der Waals surface area contributed by atoms with Gasteiger partial charge in [0.15, 0.2) is 0 Å². The van der Waals surface area contributed by atoms with E-state index in [0.717, 1.165) is 29.0 Å². The van der Waals surface area contributed by atoms with Gasteiger partial charge in [0.1, 0.15) is 5.75 Å². The lowest BCUT2D eigenvalue weighted by Crippen LogP contribution is -2.35. The van der Waals surface area contributed by atoms with Crippen molar-refractivity contribution in [3.8, 4) is 5.75 Å². The number of hydrogen-bond acceptors (Lipinski definition) is 4. The molecule has 0 aromatic heterocycles. The third kappa shape index (κ3) is 4.97. The first-order valence-electron chi connectivity index (χ1n) is 8.71. The van der Waals surface area contributed by atoms with Crippen molar-refractivity contribution in [2.75, 3.05) is 32.2 Å². The van der Waals surface area contributed by atoms with Gasteiger partial charge in [-0.3, -0.25) is 0 Å². The van der Waals surface area contributed by atoms with Crippen molar-refractivity contribution < 1.29 is 19.0 Å². The van der Waals surface area contributed by atoms with Gasteiger partial charge in [-0.2, -0.15) is 0 Å². The molecule has 0 spiro atoms. The Hall–Kier alpha value is -2.57. The van der Waals surface area contributed by atoms with Crippen LogP contribution < -0.4 is 15.4 Å². The highest BCUT2D eigenvalue weighted by molar-refractivity contribution is 5.89. The zero-order valence-electron chi connectivity index (χ0n) is 14.9. The zero-order valence-corrected chi connectivity index (χ0v) is 14.9. The van der Waals surface area contributed by atoms with E-state index < -0.39 is 0 Å². The highest BCUT2D eigenvalue weighted by Crippen LogP contribution is 2.31. The van der Waals surface area contributed by atoms with Crippen molar-refractivity contribution >= 4 is 11.7 Å². The molecule has 2 N–H and O–H groups in total. The SMILES string of the molecule is COCCOCc1cccc(NC(=O)N[C@H]2CCOc3ccccc32)c1. The Bertz CT molecular complexity index is 735. The van der Waals surface area contributed by atoms with Crippen molar-refractivity contribution in [3.05, 3.63) is 59.7 Å². The van der Waals surface area contributed by atoms with E-state index in [2.05, 4.69) is 10.6 Å². The molecule has 3 rings (SSSR count). The number of fused-ring (bicyclic) bond motifs is 1. The monoisotopic (exact) mass is 356 g/mol. The molecule has 0 fully saturated rings. The number of nitrogens with one attached hydrogen (secondary N) is 2. The zero-order chi connectivity index (χ0) is 18.2. The molecule has 26 heavy (non-hydrogen) atoms. The van der Waals surface area contributed by atoms with Crippen LogP contribution >= 0.6 is 0 Å². The second-order valence-corrected chi connectivity index (χ2v) is 6.07. The molecule has 0 saturated heterocycles. The van der Waals surface area contributed by atoms with E-state index in [0.29, 0.717) is 26.4 Å². The highest BCUT2D eigenvalue weighted by Gasteiger charge is 2.22. The summed E-state index contributed by atoms with van der Waals surface area (Å²) >= 11 is 0. The van der Waals surface area contributed by atoms with Gasteiger partial charge in [0.25, 0.3) is 0 Å². The summed E-state index contributed by atoms with van der Waals surface area (Å²) in [4.78, 5) is 12.4. The largest absolute Gasteiger partial charge is 0.493 e. The number of carbonyl (C=O) groups is 1. The molecule has 2 amide bonds. The second kappa shape index (κ2) is 9.22. The number of carbonyl (C=O) groups excluding carboxylic acids is 1. The third-order valence-corrected chi connectivity index (χ3v) is 4.15. The summed E-state index contributed by atoms with van der Waals surface area (Å²) in [5.74, 6) is 0.833. The number of benzene rings is 2. The molecule has 1 atom stereocenters. The summed E-state index contributed by atoms with van der Waals surface area (Å²) in [6.45, 7) is 2.18. The summed E-state index contributed by atoms with van der Waals surface area (Å²) in [6, 6.07) is 15.1. The number of urea groups is 1. The van der Waals surface area contributed by atoms with Crippen LogP contribution in [-0.2, 0) is 16.1 Å². The average molecular weight is 356 g/mol. The standard InChI is InChI=1S/C20H24N2O4/c1-24-11-12-25-14-15-5-4-6-16(13-15)21-20(23)22-18-9-10-26-19-8-3-2-7-17(18)19/h2-8,13,18H,9-12,14H2,1H3,(H2,21,22,23)/t18-/m0/s1. The molecule has 1 aliphatic rings. The molecule has 138 valence electrons. The van der Waals surface area contributed by atoms with Crippen molar-refractivity contribution in [2.45, 2.75) is 19.1 Å². The average Bonchev–Trinajstić information content (AvgIpc) is 2.66. The molecule has 2 aromatic rings. The van der Waals surface area contributed by atoms with E-state index >= 15 is 0 Å². The number of anilines is 1. The molecule has 1 heterocycles. The number of ether oxygens (including phenoxy) is 3. The second-order valence-electron chi connectivity index (χ2n) is 6.07. The smallest absolute Gasteiger partial charge is 0.319 e. The maximum absolute atomic E-state index is 12.4. The molecule has 0 unspecified atom stereocenters. The third-order valence-electron chi connectivity index (χ3n) is 4.15. The Morgan fingerprint density at radius 1 is 1.19 bits per heavy atom. The molecule has 0 aliphatic carbocycles. The fourth-order valence-corrected chi connectivity index (χ4v) is 2.89. The summed E-state index contributed by atoms with van der Waals surface area (Å²) in [5, 5.41) is 5.92. The van der Waals surface area contributed by atoms with E-state index in [-0.39, 0.29) is 12.1 Å². The van der Waals surface area contributed by atoms with Gasteiger partial charge in [-0.05, 0) is 23.8 Å². The van der Waals surface area contributed by atoms with Gasteiger partial charge in [-0.25, -0.2) is 4.79 Å². The molecule has 2 aromatic carbocycles. The predicted octanol–water partition coefficient (Wildman–Crippen LogP) is 3.49. The van der Waals surface area contributed by atoms with E-state index in [9.17, 15) is 4.79 Å². The Morgan fingerprint density at radius 3 is 2.96 bits per heavy atom. The van der Waals surface area contributed by atoms with Gasteiger partial charge in [0.2, 0.25) is 0 Å². The van der Waals surface area contributed by atoms with Gasteiger partial charge in [0, 0.05) is 24.8 Å². The molecule has 6 heteroatoms. The Morgan fingerprint density at radius 2 is 2.08 bits per heavy atom. The van der Waals surface area contributed by atoms with Crippen LogP contribution in [0.15, 0.2) is 48.5 Å². The van der Waals surface area contributed by atoms with Crippen molar-refractivity contribution in [1.82, 2.24) is 5.32 Å². The fourth-order valence-electron chi connectivity index (χ4n) is 2.89. The van der Waals surface area contributed by atoms with Crippen molar-refractivity contribution in [1.29, 1.82) is 0 Å². The fraction of sp³-hybridized carbons (Fsp3) is 0.350. The number of amides is 2. The van der Waals surface area contributed by atoms with Crippen LogP contribution in [0.2, 0.25) is 0 Å². The lowest BCUT2D eigenvalue weighted by Gasteiger charge is -2.26. The Balaban J connectivity index is 1.55. The maximum Gasteiger partial charge on any atom is 0.319 e. The molecule has 1 aliphatic heterocycles. The van der Waals surface area contributed by atoms with Crippen molar-refractivity contribution in [2.24, 2.45) is 0 Å². The van der Waals surface area contributed by atoms with Gasteiger partial charge in [0.05, 0.1) is 32.5 Å². The minimum Gasteiger partial charge on any atom is -0.493 e. The lowest BCUT2D eigenvalue weighted by atomic mass is 10.0. The highest BCUT2D eigenvalue weighted by atomic mass is 16.5. The Kier molecular flexibility index (Phi) is 6.46. The summed E-state index contributed by atoms with van der Waals surface area (Å²) in [6.07, 6.45) is 0.748. The minimum absolute atomic E-state index is 0.0551. The molecule has 0 radical (unpaired) electrons. The van der Waals surface area contributed by atoms with Crippen LogP contribution in [-0.4, -0.2) is 33.0 Å². The Labute approximate surface area is 153 Å².